The van der Waals surface area contributed by atoms with Gasteiger partial charge in [0.15, 0.2) is 0 Å². The summed E-state index contributed by atoms with van der Waals surface area (Å²) in [6.45, 7) is 0. The second-order valence-corrected chi connectivity index (χ2v) is 5.84. The Hall–Kier alpha value is -2.09. The molecule has 0 atom stereocenters. The summed E-state index contributed by atoms with van der Waals surface area (Å²) in [6, 6.07) is 13.3. The van der Waals surface area contributed by atoms with Gasteiger partial charge < -0.3 is 4.98 Å². The summed E-state index contributed by atoms with van der Waals surface area (Å²) in [5.41, 5.74) is 4.86. The molecule has 1 saturated carbocycles. The third kappa shape index (κ3) is 2.11. The van der Waals surface area contributed by atoms with Gasteiger partial charge in [-0.15, -0.1) is 0 Å². The van der Waals surface area contributed by atoms with E-state index in [9.17, 15) is 0 Å². The van der Waals surface area contributed by atoms with Crippen molar-refractivity contribution >= 4 is 11.0 Å². The van der Waals surface area contributed by atoms with Crippen LogP contribution in [0.1, 0.15) is 24.8 Å². The molecule has 0 radical (unpaired) electrons. The van der Waals surface area contributed by atoms with E-state index in [1.165, 1.54) is 47.8 Å². The van der Waals surface area contributed by atoms with Gasteiger partial charge in [0, 0.05) is 23.3 Å². The van der Waals surface area contributed by atoms with Crippen LogP contribution < -0.4 is 0 Å². The average Bonchev–Trinajstić information content (AvgIpc) is 2.91. The number of aromatic amines is 1. The molecule has 2 heterocycles. The average molecular weight is 262 g/mol. The van der Waals surface area contributed by atoms with E-state index in [0.29, 0.717) is 0 Å². The molecular formula is C18H18N2. The molecule has 2 heteroatoms. The number of nitrogens with zero attached hydrogens (tertiary/aromatic N) is 1. The van der Waals surface area contributed by atoms with Crippen LogP contribution in [0, 0.1) is 5.92 Å². The number of pyridine rings is 1. The van der Waals surface area contributed by atoms with Gasteiger partial charge in [-0.1, -0.05) is 43.5 Å². The number of nitrogens with one attached hydrogen (secondary N) is 1. The Kier molecular flexibility index (Phi) is 2.80. The van der Waals surface area contributed by atoms with Crippen molar-refractivity contribution in [3.8, 4) is 11.1 Å². The van der Waals surface area contributed by atoms with Crippen LogP contribution in [0.15, 0.2) is 48.8 Å². The van der Waals surface area contributed by atoms with Gasteiger partial charge in [0.2, 0.25) is 0 Å². The van der Waals surface area contributed by atoms with Crippen molar-refractivity contribution in [2.75, 3.05) is 0 Å². The van der Waals surface area contributed by atoms with E-state index >= 15 is 0 Å². The van der Waals surface area contributed by atoms with Gasteiger partial charge in [-0.05, 0) is 35.6 Å². The maximum Gasteiger partial charge on any atom is 0.137 e. The first-order valence-electron chi connectivity index (χ1n) is 7.41. The Morgan fingerprint density at radius 3 is 2.65 bits per heavy atom. The minimum absolute atomic E-state index is 0.929. The fraction of sp³-hybridized carbons (Fsp3) is 0.278. The van der Waals surface area contributed by atoms with Crippen molar-refractivity contribution in [2.24, 2.45) is 5.92 Å². The highest BCUT2D eigenvalue weighted by molar-refractivity contribution is 5.81. The summed E-state index contributed by atoms with van der Waals surface area (Å²) in [4.78, 5) is 7.59. The number of hydrogen-bond acceptors (Lipinski definition) is 1. The predicted octanol–water partition coefficient (Wildman–Crippen LogP) is 4.57. The van der Waals surface area contributed by atoms with Gasteiger partial charge >= 0.3 is 0 Å². The highest BCUT2D eigenvalue weighted by atomic mass is 14.8. The van der Waals surface area contributed by atoms with Crippen molar-refractivity contribution in [1.82, 2.24) is 9.97 Å². The van der Waals surface area contributed by atoms with Crippen LogP contribution >= 0.6 is 0 Å². The molecule has 0 unspecified atom stereocenters. The van der Waals surface area contributed by atoms with E-state index in [-0.39, 0.29) is 0 Å². The van der Waals surface area contributed by atoms with Gasteiger partial charge in [-0.2, -0.15) is 0 Å². The number of benzene rings is 1. The minimum atomic E-state index is 0.929. The van der Waals surface area contributed by atoms with E-state index < -0.39 is 0 Å². The lowest BCUT2D eigenvalue weighted by Gasteiger charge is -2.25. The Morgan fingerprint density at radius 2 is 1.90 bits per heavy atom. The zero-order chi connectivity index (χ0) is 13.4. The van der Waals surface area contributed by atoms with E-state index in [2.05, 4.69) is 46.4 Å². The van der Waals surface area contributed by atoms with Crippen molar-refractivity contribution in [1.29, 1.82) is 0 Å². The molecule has 0 saturated heterocycles. The molecule has 1 fully saturated rings. The number of fused-ring (bicyclic) bond motifs is 1. The summed E-state index contributed by atoms with van der Waals surface area (Å²) >= 11 is 0. The Labute approximate surface area is 118 Å². The molecule has 2 aromatic heterocycles. The SMILES string of the molecule is c1cc2cc(-c3ccc(CC4CCC4)cc3)cnc2[nH]1. The molecule has 0 bridgehead atoms. The standard InChI is InChI=1S/C18H18N2/c1-2-13(3-1)10-14-4-6-15(7-5-14)17-11-16-8-9-19-18(16)20-12-17/h4-9,11-13H,1-3,10H2,(H,19,20). The van der Waals surface area contributed by atoms with E-state index in [4.69, 9.17) is 0 Å². The summed E-state index contributed by atoms with van der Waals surface area (Å²) in [5, 5.41) is 1.17. The molecule has 1 aliphatic rings. The molecule has 1 N–H and O–H groups in total. The van der Waals surface area contributed by atoms with Crippen LogP contribution in [0.5, 0.6) is 0 Å². The first kappa shape index (κ1) is 11.7. The number of rotatable bonds is 3. The first-order chi connectivity index (χ1) is 9.88. The molecule has 1 aromatic carbocycles. The van der Waals surface area contributed by atoms with Crippen molar-refractivity contribution in [3.05, 3.63) is 54.4 Å². The number of H-pyrrole nitrogens is 1. The molecule has 2 nitrogen and oxygen atoms in total. The third-order valence-electron chi connectivity index (χ3n) is 4.44. The molecule has 4 rings (SSSR count). The lowest BCUT2D eigenvalue weighted by Crippen LogP contribution is -2.13. The highest BCUT2D eigenvalue weighted by Gasteiger charge is 2.17. The zero-order valence-corrected chi connectivity index (χ0v) is 11.5. The normalized spacial score (nSPS) is 15.4. The number of aromatic nitrogens is 2. The second kappa shape index (κ2) is 4.78. The fourth-order valence-corrected chi connectivity index (χ4v) is 2.96. The molecule has 3 aromatic rings. The summed E-state index contributed by atoms with van der Waals surface area (Å²) < 4.78 is 0. The van der Waals surface area contributed by atoms with Crippen molar-refractivity contribution in [2.45, 2.75) is 25.7 Å². The van der Waals surface area contributed by atoms with Gasteiger partial charge in [-0.3, -0.25) is 0 Å². The summed E-state index contributed by atoms with van der Waals surface area (Å²) in [6.07, 6.45) is 9.37. The largest absolute Gasteiger partial charge is 0.346 e. The van der Waals surface area contributed by atoms with Gasteiger partial charge in [-0.25, -0.2) is 4.98 Å². The molecule has 0 amide bonds. The van der Waals surface area contributed by atoms with Crippen LogP contribution in [0.25, 0.3) is 22.2 Å². The van der Waals surface area contributed by atoms with Gasteiger partial charge in [0.1, 0.15) is 5.65 Å². The molecule has 0 spiro atoms. The van der Waals surface area contributed by atoms with E-state index in [0.717, 1.165) is 11.6 Å². The number of hydrogen-bond donors (Lipinski definition) is 1. The van der Waals surface area contributed by atoms with Crippen molar-refractivity contribution in [3.63, 3.8) is 0 Å². The Bertz CT molecular complexity index is 721. The van der Waals surface area contributed by atoms with E-state index in [1.54, 1.807) is 0 Å². The molecule has 20 heavy (non-hydrogen) atoms. The third-order valence-corrected chi connectivity index (χ3v) is 4.44. The predicted molar refractivity (Wildman–Crippen MR) is 82.6 cm³/mol. The molecule has 0 aliphatic heterocycles. The lowest BCUT2D eigenvalue weighted by atomic mass is 9.81. The lowest BCUT2D eigenvalue weighted by molar-refractivity contribution is 0.314. The van der Waals surface area contributed by atoms with Gasteiger partial charge in [0.05, 0.1) is 0 Å². The Morgan fingerprint density at radius 1 is 1.05 bits per heavy atom. The molecule has 1 aliphatic carbocycles. The van der Waals surface area contributed by atoms with Crippen LogP contribution in [0.4, 0.5) is 0 Å². The molecule has 100 valence electrons. The van der Waals surface area contributed by atoms with Crippen molar-refractivity contribution < 1.29 is 0 Å². The summed E-state index contributed by atoms with van der Waals surface area (Å²) in [7, 11) is 0. The first-order valence-corrected chi connectivity index (χ1v) is 7.41. The maximum absolute atomic E-state index is 4.46. The molecular weight excluding hydrogens is 244 g/mol. The Balaban J connectivity index is 1.60. The monoisotopic (exact) mass is 262 g/mol. The zero-order valence-electron chi connectivity index (χ0n) is 11.5. The fourth-order valence-electron chi connectivity index (χ4n) is 2.96. The van der Waals surface area contributed by atoms with E-state index in [1.807, 2.05) is 12.4 Å². The summed E-state index contributed by atoms with van der Waals surface area (Å²) in [5.74, 6) is 0.929. The maximum atomic E-state index is 4.46. The van der Waals surface area contributed by atoms with Crippen LogP contribution in [-0.2, 0) is 6.42 Å². The minimum Gasteiger partial charge on any atom is -0.346 e. The van der Waals surface area contributed by atoms with Gasteiger partial charge in [0.25, 0.3) is 0 Å². The smallest absolute Gasteiger partial charge is 0.137 e. The van der Waals surface area contributed by atoms with Crippen LogP contribution in [0.2, 0.25) is 0 Å². The van der Waals surface area contributed by atoms with Crippen LogP contribution in [0.3, 0.4) is 0 Å². The second-order valence-electron chi connectivity index (χ2n) is 5.84. The highest BCUT2D eigenvalue weighted by Crippen LogP contribution is 2.30. The topological polar surface area (TPSA) is 28.7 Å². The quantitative estimate of drug-likeness (QED) is 0.735. The van der Waals surface area contributed by atoms with Crippen LogP contribution in [-0.4, -0.2) is 9.97 Å².